The van der Waals surface area contributed by atoms with Crippen LogP contribution in [0.4, 0.5) is 0 Å². The molecule has 2 atom stereocenters. The molecular weight excluding hydrogens is 368 g/mol. The standard InChI is InChI=1S/C27H38N2O/c1-18-22-16-27(6,25(28)23(22)24(19(2)30-18)26(3,4)5)17-29-14-12-21(13-15-29)20-10-8-7-9-11-20/h7-11,21,23,28H,12-17H2,1-6H3. The van der Waals surface area contributed by atoms with E-state index in [-0.39, 0.29) is 16.7 Å². The molecule has 1 aliphatic carbocycles. The van der Waals surface area contributed by atoms with Crippen LogP contribution in [0.2, 0.25) is 0 Å². The molecule has 0 radical (unpaired) electrons. The van der Waals surface area contributed by atoms with Crippen LogP contribution in [0, 0.1) is 22.2 Å². The SMILES string of the molecule is CC1=C2CC(C)(CN3CCC(c4ccccc4)CC3)C(=N)C2C(C(C)(C)C)=C(C)O1. The molecule has 0 amide bonds. The molecule has 2 aliphatic heterocycles. The van der Waals surface area contributed by atoms with E-state index in [2.05, 4.69) is 76.8 Å². The molecule has 2 heterocycles. The van der Waals surface area contributed by atoms with Crippen LogP contribution in [-0.4, -0.2) is 30.2 Å². The number of ether oxygens (including phenoxy) is 1. The van der Waals surface area contributed by atoms with E-state index in [9.17, 15) is 5.41 Å². The molecule has 1 aromatic carbocycles. The predicted octanol–water partition coefficient (Wildman–Crippen LogP) is 6.54. The van der Waals surface area contributed by atoms with Crippen molar-refractivity contribution in [2.45, 2.75) is 66.7 Å². The molecular formula is C27H38N2O. The van der Waals surface area contributed by atoms with Crippen molar-refractivity contribution in [3.05, 3.63) is 58.6 Å². The van der Waals surface area contributed by atoms with Crippen LogP contribution < -0.4 is 0 Å². The third kappa shape index (κ3) is 3.77. The molecule has 4 rings (SSSR count). The Morgan fingerprint density at radius 1 is 1.07 bits per heavy atom. The quantitative estimate of drug-likeness (QED) is 0.619. The zero-order valence-corrected chi connectivity index (χ0v) is 19.6. The second-order valence-electron chi connectivity index (χ2n) is 10.9. The number of likely N-dealkylation sites (tertiary alicyclic amines) is 1. The predicted molar refractivity (Wildman–Crippen MR) is 125 cm³/mol. The monoisotopic (exact) mass is 406 g/mol. The summed E-state index contributed by atoms with van der Waals surface area (Å²) in [5, 5.41) is 9.26. The van der Waals surface area contributed by atoms with Gasteiger partial charge in [-0.05, 0) is 74.2 Å². The van der Waals surface area contributed by atoms with E-state index in [0.717, 1.165) is 43.3 Å². The third-order valence-corrected chi connectivity index (χ3v) is 7.53. The Balaban J connectivity index is 1.50. The normalized spacial score (nSPS) is 28.7. The molecule has 3 heteroatoms. The maximum absolute atomic E-state index is 9.26. The van der Waals surface area contributed by atoms with Gasteiger partial charge in [-0.25, -0.2) is 0 Å². The number of allylic oxidation sites excluding steroid dienone is 4. The van der Waals surface area contributed by atoms with Crippen LogP contribution in [0.5, 0.6) is 0 Å². The van der Waals surface area contributed by atoms with E-state index in [1.54, 1.807) is 0 Å². The van der Waals surface area contributed by atoms with Crippen molar-refractivity contribution in [3.63, 3.8) is 0 Å². The van der Waals surface area contributed by atoms with Gasteiger partial charge in [0.2, 0.25) is 0 Å². The van der Waals surface area contributed by atoms with Gasteiger partial charge in [0, 0.05) is 23.6 Å². The lowest BCUT2D eigenvalue weighted by Gasteiger charge is -2.38. The molecule has 162 valence electrons. The number of benzene rings is 1. The Labute approximate surface area is 182 Å². The lowest BCUT2D eigenvalue weighted by Crippen LogP contribution is -2.43. The van der Waals surface area contributed by atoms with Crippen LogP contribution in [-0.2, 0) is 4.74 Å². The largest absolute Gasteiger partial charge is 0.467 e. The smallest absolute Gasteiger partial charge is 0.101 e. The van der Waals surface area contributed by atoms with Crippen molar-refractivity contribution in [2.24, 2.45) is 16.7 Å². The zero-order chi connectivity index (χ0) is 21.7. The van der Waals surface area contributed by atoms with Crippen molar-refractivity contribution in [2.75, 3.05) is 19.6 Å². The number of nitrogens with one attached hydrogen (secondary N) is 1. The minimum absolute atomic E-state index is 0.00623. The molecule has 1 saturated carbocycles. The summed E-state index contributed by atoms with van der Waals surface area (Å²) < 4.78 is 6.18. The summed E-state index contributed by atoms with van der Waals surface area (Å²) in [6, 6.07) is 11.0. The number of hydrogen-bond donors (Lipinski definition) is 1. The van der Waals surface area contributed by atoms with E-state index < -0.39 is 0 Å². The molecule has 30 heavy (non-hydrogen) atoms. The minimum Gasteiger partial charge on any atom is -0.467 e. The molecule has 0 spiro atoms. The van der Waals surface area contributed by atoms with Gasteiger partial charge < -0.3 is 15.0 Å². The Kier molecular flexibility index (Phi) is 5.47. The zero-order valence-electron chi connectivity index (χ0n) is 19.6. The van der Waals surface area contributed by atoms with Gasteiger partial charge >= 0.3 is 0 Å². The summed E-state index contributed by atoms with van der Waals surface area (Å²) in [5.41, 5.74) is 4.93. The van der Waals surface area contributed by atoms with Crippen molar-refractivity contribution in [3.8, 4) is 0 Å². The second-order valence-corrected chi connectivity index (χ2v) is 10.9. The van der Waals surface area contributed by atoms with Gasteiger partial charge in [-0.1, -0.05) is 58.0 Å². The first-order valence-corrected chi connectivity index (χ1v) is 11.5. The third-order valence-electron chi connectivity index (χ3n) is 7.53. The van der Waals surface area contributed by atoms with Crippen LogP contribution in [0.1, 0.15) is 72.3 Å². The summed E-state index contributed by atoms with van der Waals surface area (Å²) in [6.07, 6.45) is 3.38. The molecule has 1 N–H and O–H groups in total. The van der Waals surface area contributed by atoms with Crippen LogP contribution in [0.3, 0.4) is 0 Å². The summed E-state index contributed by atoms with van der Waals surface area (Å²) in [6.45, 7) is 16.5. The lowest BCUT2D eigenvalue weighted by atomic mass is 9.73. The average Bonchev–Trinajstić information content (AvgIpc) is 2.94. The van der Waals surface area contributed by atoms with Gasteiger partial charge in [0.1, 0.15) is 11.5 Å². The van der Waals surface area contributed by atoms with Crippen molar-refractivity contribution in [1.82, 2.24) is 4.90 Å². The van der Waals surface area contributed by atoms with Crippen molar-refractivity contribution >= 4 is 5.71 Å². The first-order chi connectivity index (χ1) is 14.1. The van der Waals surface area contributed by atoms with Crippen LogP contribution in [0.25, 0.3) is 0 Å². The highest BCUT2D eigenvalue weighted by Crippen LogP contribution is 2.54. The van der Waals surface area contributed by atoms with E-state index in [0.29, 0.717) is 5.92 Å². The highest BCUT2D eigenvalue weighted by atomic mass is 16.5. The molecule has 0 aromatic heterocycles. The maximum atomic E-state index is 9.26. The first kappa shape index (κ1) is 21.4. The molecule has 1 aromatic rings. The fraction of sp³-hybridized carbons (Fsp3) is 0.593. The summed E-state index contributed by atoms with van der Waals surface area (Å²) >= 11 is 0. The highest BCUT2D eigenvalue weighted by molar-refractivity contribution is 5.98. The number of hydrogen-bond acceptors (Lipinski definition) is 3. The Bertz CT molecular complexity index is 881. The summed E-state index contributed by atoms with van der Waals surface area (Å²) in [5.74, 6) is 2.84. The molecule has 2 fully saturated rings. The first-order valence-electron chi connectivity index (χ1n) is 11.5. The van der Waals surface area contributed by atoms with E-state index in [1.807, 2.05) is 0 Å². The van der Waals surface area contributed by atoms with Crippen LogP contribution >= 0.6 is 0 Å². The topological polar surface area (TPSA) is 36.3 Å². The number of fused-ring (bicyclic) bond motifs is 1. The lowest BCUT2D eigenvalue weighted by molar-refractivity contribution is 0.169. The Hall–Kier alpha value is -1.87. The van der Waals surface area contributed by atoms with Crippen molar-refractivity contribution in [1.29, 1.82) is 5.41 Å². The van der Waals surface area contributed by atoms with E-state index >= 15 is 0 Å². The molecule has 3 nitrogen and oxygen atoms in total. The Morgan fingerprint density at radius 3 is 2.30 bits per heavy atom. The van der Waals surface area contributed by atoms with E-state index in [1.165, 1.54) is 29.6 Å². The molecule has 0 bridgehead atoms. The average molecular weight is 407 g/mol. The number of piperidine rings is 1. The fourth-order valence-electron chi connectivity index (χ4n) is 6.09. The second kappa shape index (κ2) is 7.67. The van der Waals surface area contributed by atoms with E-state index in [4.69, 9.17) is 4.74 Å². The Morgan fingerprint density at radius 2 is 1.70 bits per heavy atom. The summed E-state index contributed by atoms with van der Waals surface area (Å²) in [7, 11) is 0. The fourth-order valence-corrected chi connectivity index (χ4v) is 6.09. The maximum Gasteiger partial charge on any atom is 0.101 e. The molecule has 1 saturated heterocycles. The van der Waals surface area contributed by atoms with Gasteiger partial charge in [0.05, 0.1) is 0 Å². The number of nitrogens with zero attached hydrogens (tertiary/aromatic N) is 1. The van der Waals surface area contributed by atoms with Gasteiger partial charge in [0.25, 0.3) is 0 Å². The van der Waals surface area contributed by atoms with Crippen molar-refractivity contribution < 1.29 is 4.74 Å². The molecule has 3 aliphatic rings. The van der Waals surface area contributed by atoms with Gasteiger partial charge in [0.15, 0.2) is 0 Å². The number of rotatable bonds is 3. The van der Waals surface area contributed by atoms with Gasteiger partial charge in [-0.15, -0.1) is 0 Å². The molecule has 2 unspecified atom stereocenters. The van der Waals surface area contributed by atoms with Crippen LogP contribution in [0.15, 0.2) is 53.0 Å². The minimum atomic E-state index is -0.106. The summed E-state index contributed by atoms with van der Waals surface area (Å²) in [4.78, 5) is 2.61. The highest BCUT2D eigenvalue weighted by Gasteiger charge is 2.51. The van der Waals surface area contributed by atoms with Gasteiger partial charge in [-0.3, -0.25) is 0 Å². The van der Waals surface area contributed by atoms with Gasteiger partial charge in [-0.2, -0.15) is 0 Å².